The average Bonchev–Trinajstić information content (AvgIpc) is 2.81. The first kappa shape index (κ1) is 23.9. The van der Waals surface area contributed by atoms with Crippen LogP contribution in [0.2, 0.25) is 0 Å². The fraction of sp³-hybridized carbons (Fsp3) is 0.435. The second-order valence-electron chi connectivity index (χ2n) is 7.44. The fourth-order valence-electron chi connectivity index (χ4n) is 3.65. The van der Waals surface area contributed by atoms with Crippen LogP contribution < -0.4 is 19.5 Å². The van der Waals surface area contributed by atoms with Crippen molar-refractivity contribution in [3.63, 3.8) is 0 Å². The molecule has 0 radical (unpaired) electrons. The van der Waals surface area contributed by atoms with Gasteiger partial charge in [0.1, 0.15) is 5.75 Å². The van der Waals surface area contributed by atoms with E-state index in [2.05, 4.69) is 5.32 Å². The monoisotopic (exact) mass is 462 g/mol. The first-order chi connectivity index (χ1) is 15.4. The molecule has 8 nitrogen and oxygen atoms in total. The normalized spacial score (nSPS) is 13.8. The molecule has 0 fully saturated rings. The van der Waals surface area contributed by atoms with Crippen LogP contribution in [-0.2, 0) is 23.0 Å². The molecule has 0 aromatic heterocycles. The summed E-state index contributed by atoms with van der Waals surface area (Å²) in [6.45, 7) is 3.45. The molecule has 9 heteroatoms. The number of benzene rings is 2. The summed E-state index contributed by atoms with van der Waals surface area (Å²) in [5.74, 6) is 1.67. The Morgan fingerprint density at radius 2 is 1.72 bits per heavy atom. The molecule has 2 aromatic carbocycles. The Balaban J connectivity index is 1.52. The Morgan fingerprint density at radius 3 is 2.34 bits per heavy atom. The summed E-state index contributed by atoms with van der Waals surface area (Å²) in [7, 11) is -0.302. The Hall–Kier alpha value is -2.78. The molecule has 0 saturated carbocycles. The van der Waals surface area contributed by atoms with Crippen molar-refractivity contribution >= 4 is 15.9 Å². The first-order valence-electron chi connectivity index (χ1n) is 10.6. The highest BCUT2D eigenvalue weighted by Crippen LogP contribution is 2.33. The number of fused-ring (bicyclic) bond motifs is 1. The van der Waals surface area contributed by atoms with Crippen molar-refractivity contribution in [1.29, 1.82) is 0 Å². The molecule has 1 N–H and O–H groups in total. The summed E-state index contributed by atoms with van der Waals surface area (Å²) in [5.41, 5.74) is 2.49. The smallest absolute Gasteiger partial charge is 0.251 e. The van der Waals surface area contributed by atoms with Gasteiger partial charge in [-0.3, -0.25) is 4.79 Å². The Kier molecular flexibility index (Phi) is 7.98. The van der Waals surface area contributed by atoms with Gasteiger partial charge in [0.2, 0.25) is 10.0 Å². The van der Waals surface area contributed by atoms with E-state index in [4.69, 9.17) is 14.2 Å². The molecule has 0 spiro atoms. The number of hydrogen-bond acceptors (Lipinski definition) is 6. The zero-order chi connectivity index (χ0) is 23.1. The van der Waals surface area contributed by atoms with Gasteiger partial charge in [0.15, 0.2) is 11.5 Å². The molecule has 1 aliphatic heterocycles. The summed E-state index contributed by atoms with van der Waals surface area (Å²) in [6.07, 6.45) is 0.948. The molecular formula is C23H30N2O6S. The summed E-state index contributed by atoms with van der Waals surface area (Å²) < 4.78 is 43.2. The lowest BCUT2D eigenvalue weighted by Gasteiger charge is -2.29. The largest absolute Gasteiger partial charge is 0.494 e. The van der Waals surface area contributed by atoms with Crippen molar-refractivity contribution in [3.8, 4) is 17.2 Å². The quantitative estimate of drug-likeness (QED) is 0.546. The number of nitrogens with one attached hydrogen (secondary N) is 1. The number of sulfonamides is 1. The van der Waals surface area contributed by atoms with E-state index in [0.717, 1.165) is 11.1 Å². The molecule has 0 unspecified atom stereocenters. The number of carbonyl (C=O) groups is 1. The van der Waals surface area contributed by atoms with E-state index in [9.17, 15) is 13.2 Å². The number of amides is 1. The zero-order valence-electron chi connectivity index (χ0n) is 18.7. The standard InChI is InChI=1S/C23H30N2O6S/c1-4-31-20-8-6-17(7-9-20)23(26)24-11-5-13-32(27,28)25-12-10-18-14-21(29-2)22(30-3)15-19(18)16-25/h6-9,14-15H,4-5,10-13,16H2,1-3H3,(H,24,26). The Bertz CT molecular complexity index is 1040. The van der Waals surface area contributed by atoms with Crippen molar-refractivity contribution in [2.24, 2.45) is 0 Å². The zero-order valence-corrected chi connectivity index (χ0v) is 19.5. The molecule has 32 heavy (non-hydrogen) atoms. The Morgan fingerprint density at radius 1 is 1.06 bits per heavy atom. The molecule has 1 amide bonds. The van der Waals surface area contributed by atoms with Gasteiger partial charge in [0.25, 0.3) is 5.91 Å². The number of ether oxygens (including phenoxy) is 3. The lowest BCUT2D eigenvalue weighted by atomic mass is 10.0. The number of carbonyl (C=O) groups excluding carboxylic acids is 1. The molecule has 3 rings (SSSR count). The van der Waals surface area contributed by atoms with Crippen LogP contribution in [0.5, 0.6) is 17.2 Å². The van der Waals surface area contributed by atoms with Gasteiger partial charge in [0, 0.05) is 25.2 Å². The molecule has 2 aromatic rings. The van der Waals surface area contributed by atoms with Crippen LogP contribution in [0.4, 0.5) is 0 Å². The first-order valence-corrected chi connectivity index (χ1v) is 12.2. The fourth-order valence-corrected chi connectivity index (χ4v) is 5.12. The lowest BCUT2D eigenvalue weighted by Crippen LogP contribution is -2.38. The van der Waals surface area contributed by atoms with E-state index >= 15 is 0 Å². The van der Waals surface area contributed by atoms with Gasteiger partial charge in [-0.1, -0.05) is 0 Å². The molecule has 1 aliphatic rings. The van der Waals surface area contributed by atoms with Crippen molar-refractivity contribution in [2.45, 2.75) is 26.3 Å². The maximum atomic E-state index is 12.8. The molecule has 0 bridgehead atoms. The second-order valence-corrected chi connectivity index (χ2v) is 9.53. The molecule has 1 heterocycles. The van der Waals surface area contributed by atoms with Gasteiger partial charge in [0.05, 0.1) is 26.6 Å². The van der Waals surface area contributed by atoms with Crippen LogP contribution in [0.3, 0.4) is 0 Å². The minimum absolute atomic E-state index is 0.0286. The minimum atomic E-state index is -3.44. The minimum Gasteiger partial charge on any atom is -0.494 e. The highest BCUT2D eigenvalue weighted by molar-refractivity contribution is 7.89. The van der Waals surface area contributed by atoms with Gasteiger partial charge >= 0.3 is 0 Å². The molecule has 174 valence electrons. The summed E-state index contributed by atoms with van der Waals surface area (Å²) in [5, 5.41) is 2.78. The number of hydrogen-bond donors (Lipinski definition) is 1. The van der Waals surface area contributed by atoms with Gasteiger partial charge in [-0.2, -0.15) is 4.31 Å². The number of rotatable bonds is 10. The van der Waals surface area contributed by atoms with Crippen molar-refractivity contribution < 1.29 is 27.4 Å². The topological polar surface area (TPSA) is 94.2 Å². The maximum Gasteiger partial charge on any atom is 0.251 e. The van der Waals surface area contributed by atoms with Gasteiger partial charge in [-0.25, -0.2) is 8.42 Å². The van der Waals surface area contributed by atoms with Gasteiger partial charge in [-0.15, -0.1) is 0 Å². The van der Waals surface area contributed by atoms with Crippen LogP contribution >= 0.6 is 0 Å². The highest BCUT2D eigenvalue weighted by Gasteiger charge is 2.27. The van der Waals surface area contributed by atoms with Crippen LogP contribution in [0, 0.1) is 0 Å². The van der Waals surface area contributed by atoms with Gasteiger partial charge in [-0.05, 0) is 67.3 Å². The van der Waals surface area contributed by atoms with E-state index in [1.165, 1.54) is 4.31 Å². The summed E-state index contributed by atoms with van der Waals surface area (Å²) in [4.78, 5) is 12.3. The van der Waals surface area contributed by atoms with E-state index in [1.54, 1.807) is 38.5 Å². The van der Waals surface area contributed by atoms with Crippen molar-refractivity contribution in [3.05, 3.63) is 53.1 Å². The van der Waals surface area contributed by atoms with Crippen LogP contribution in [0.1, 0.15) is 34.8 Å². The number of methoxy groups -OCH3 is 2. The Labute approximate surface area is 189 Å². The SMILES string of the molecule is CCOc1ccc(C(=O)NCCCS(=O)(=O)N2CCc3cc(OC)c(OC)cc3C2)cc1. The second kappa shape index (κ2) is 10.7. The summed E-state index contributed by atoms with van der Waals surface area (Å²) in [6, 6.07) is 10.6. The van der Waals surface area contributed by atoms with E-state index in [1.807, 2.05) is 19.1 Å². The lowest BCUT2D eigenvalue weighted by molar-refractivity contribution is 0.0953. The average molecular weight is 463 g/mol. The predicted octanol–water partition coefficient (Wildman–Crippen LogP) is 2.61. The molecule has 0 saturated heterocycles. The van der Waals surface area contributed by atoms with Crippen LogP contribution in [0.15, 0.2) is 36.4 Å². The number of nitrogens with zero attached hydrogens (tertiary/aromatic N) is 1. The van der Waals surface area contributed by atoms with Crippen LogP contribution in [-0.4, -0.2) is 58.3 Å². The highest BCUT2D eigenvalue weighted by atomic mass is 32.2. The van der Waals surface area contributed by atoms with E-state index in [0.29, 0.717) is 55.4 Å². The third-order valence-corrected chi connectivity index (χ3v) is 7.27. The third-order valence-electron chi connectivity index (χ3n) is 5.37. The van der Waals surface area contributed by atoms with E-state index < -0.39 is 10.0 Å². The summed E-state index contributed by atoms with van der Waals surface area (Å²) >= 11 is 0. The van der Waals surface area contributed by atoms with Crippen LogP contribution in [0.25, 0.3) is 0 Å². The van der Waals surface area contributed by atoms with Gasteiger partial charge < -0.3 is 19.5 Å². The van der Waals surface area contributed by atoms with Crippen molar-refractivity contribution in [1.82, 2.24) is 9.62 Å². The van der Waals surface area contributed by atoms with E-state index in [-0.39, 0.29) is 18.2 Å². The maximum absolute atomic E-state index is 12.8. The van der Waals surface area contributed by atoms with Crippen molar-refractivity contribution in [2.75, 3.05) is 39.7 Å². The molecular weight excluding hydrogens is 432 g/mol. The molecule has 0 aliphatic carbocycles. The third kappa shape index (κ3) is 5.72. The predicted molar refractivity (Wildman–Crippen MR) is 122 cm³/mol. The molecule has 0 atom stereocenters.